The normalized spacial score (nSPS) is 11.8. The minimum atomic E-state index is -1.62. The number of hydrogen-bond acceptors (Lipinski definition) is 3. The van der Waals surface area contributed by atoms with Crippen LogP contribution in [0, 0.1) is 0 Å². The van der Waals surface area contributed by atoms with Gasteiger partial charge in [-0.05, 0) is 24.1 Å². The van der Waals surface area contributed by atoms with Gasteiger partial charge in [0.1, 0.15) is 0 Å². The van der Waals surface area contributed by atoms with Gasteiger partial charge in [0.15, 0.2) is 6.10 Å². The first-order valence-electron chi connectivity index (χ1n) is 5.76. The summed E-state index contributed by atoms with van der Waals surface area (Å²) in [5.41, 5.74) is 0.835. The van der Waals surface area contributed by atoms with Gasteiger partial charge in [0.05, 0.1) is 6.54 Å². The number of amides is 2. The smallest absolute Gasteiger partial charge is 0.334 e. The Bertz CT molecular complexity index is 496. The van der Waals surface area contributed by atoms with Crippen LogP contribution in [0.4, 0.5) is 4.79 Å². The number of carbonyl (C=O) groups is 2. The third-order valence-electron chi connectivity index (χ3n) is 2.44. The van der Waals surface area contributed by atoms with Crippen molar-refractivity contribution in [2.45, 2.75) is 12.5 Å². The lowest BCUT2D eigenvalue weighted by atomic mass is 10.1. The molecule has 0 spiro atoms. The van der Waals surface area contributed by atoms with Crippen molar-refractivity contribution < 1.29 is 19.8 Å². The van der Waals surface area contributed by atoms with Crippen molar-refractivity contribution in [1.29, 1.82) is 0 Å². The summed E-state index contributed by atoms with van der Waals surface area (Å²) in [5.74, 6) is -1.39. The molecular weight excluding hydrogens is 307 g/mol. The SMILES string of the molecule is O=C(NCCc1ccc(Cl)cc1Cl)NCC(O)C(=O)O. The number of nitrogens with one attached hydrogen (secondary N) is 2. The van der Waals surface area contributed by atoms with E-state index in [-0.39, 0.29) is 6.54 Å². The van der Waals surface area contributed by atoms with Gasteiger partial charge in [0.2, 0.25) is 0 Å². The predicted molar refractivity (Wildman–Crippen MR) is 75.2 cm³/mol. The highest BCUT2D eigenvalue weighted by Gasteiger charge is 2.13. The van der Waals surface area contributed by atoms with Gasteiger partial charge >= 0.3 is 12.0 Å². The second-order valence-corrected chi connectivity index (χ2v) is 4.82. The molecule has 1 aromatic rings. The maximum Gasteiger partial charge on any atom is 0.334 e. The average molecular weight is 321 g/mol. The summed E-state index contributed by atoms with van der Waals surface area (Å²) in [6.07, 6.45) is -1.11. The number of carbonyl (C=O) groups excluding carboxylic acids is 1. The molecule has 0 aliphatic carbocycles. The summed E-state index contributed by atoms with van der Waals surface area (Å²) < 4.78 is 0. The maximum atomic E-state index is 11.3. The molecule has 110 valence electrons. The van der Waals surface area contributed by atoms with E-state index in [1.54, 1.807) is 18.2 Å². The van der Waals surface area contributed by atoms with Crippen molar-refractivity contribution in [3.05, 3.63) is 33.8 Å². The van der Waals surface area contributed by atoms with E-state index in [1.807, 2.05) is 0 Å². The minimum Gasteiger partial charge on any atom is -0.479 e. The molecule has 0 aliphatic heterocycles. The third-order valence-corrected chi connectivity index (χ3v) is 3.02. The minimum absolute atomic E-state index is 0.316. The lowest BCUT2D eigenvalue weighted by Gasteiger charge is -2.10. The molecule has 0 bridgehead atoms. The van der Waals surface area contributed by atoms with Gasteiger partial charge in [-0.3, -0.25) is 0 Å². The van der Waals surface area contributed by atoms with Crippen molar-refractivity contribution in [3.63, 3.8) is 0 Å². The molecule has 1 rings (SSSR count). The predicted octanol–water partition coefficient (Wildman–Crippen LogP) is 1.28. The maximum absolute atomic E-state index is 11.3. The number of aliphatic hydroxyl groups excluding tert-OH is 1. The van der Waals surface area contributed by atoms with Crippen LogP contribution in [0.3, 0.4) is 0 Å². The third kappa shape index (κ3) is 5.64. The number of halogens is 2. The number of carboxylic acid groups (broad SMARTS) is 1. The molecular formula is C12H14Cl2N2O4. The van der Waals surface area contributed by atoms with Crippen molar-refractivity contribution in [3.8, 4) is 0 Å². The average Bonchev–Trinajstić information content (AvgIpc) is 2.38. The molecule has 8 heteroatoms. The topological polar surface area (TPSA) is 98.7 Å². The summed E-state index contributed by atoms with van der Waals surface area (Å²) in [4.78, 5) is 21.6. The number of hydrogen-bond donors (Lipinski definition) is 4. The van der Waals surface area contributed by atoms with Crippen LogP contribution in [-0.4, -0.2) is 41.4 Å². The van der Waals surface area contributed by atoms with Crippen LogP contribution in [-0.2, 0) is 11.2 Å². The second-order valence-electron chi connectivity index (χ2n) is 3.98. The van der Waals surface area contributed by atoms with E-state index in [4.69, 9.17) is 33.4 Å². The summed E-state index contributed by atoms with van der Waals surface area (Å²) in [6, 6.07) is 4.52. The van der Waals surface area contributed by atoms with Gasteiger partial charge in [-0.1, -0.05) is 29.3 Å². The first kappa shape index (κ1) is 16.6. The Labute approximate surface area is 125 Å². The Hall–Kier alpha value is -1.50. The number of aliphatic hydroxyl groups is 1. The van der Waals surface area contributed by atoms with Crippen molar-refractivity contribution in [1.82, 2.24) is 10.6 Å². The highest BCUT2D eigenvalue weighted by molar-refractivity contribution is 6.35. The number of aliphatic carboxylic acids is 1. The Kier molecular flexibility index (Phi) is 6.57. The highest BCUT2D eigenvalue weighted by Crippen LogP contribution is 2.20. The molecule has 0 aliphatic rings. The van der Waals surface area contributed by atoms with E-state index in [1.165, 1.54) is 0 Å². The zero-order valence-corrected chi connectivity index (χ0v) is 11.9. The first-order valence-corrected chi connectivity index (χ1v) is 6.52. The fourth-order valence-corrected chi connectivity index (χ4v) is 1.88. The molecule has 0 radical (unpaired) electrons. The Morgan fingerprint density at radius 1 is 1.25 bits per heavy atom. The van der Waals surface area contributed by atoms with E-state index < -0.39 is 18.1 Å². The summed E-state index contributed by atoms with van der Waals surface area (Å²) in [5, 5.41) is 23.2. The molecule has 1 unspecified atom stereocenters. The summed E-state index contributed by atoms with van der Waals surface area (Å²) in [6.45, 7) is -0.0424. The molecule has 0 aromatic heterocycles. The van der Waals surface area contributed by atoms with Crippen molar-refractivity contribution in [2.75, 3.05) is 13.1 Å². The second kappa shape index (κ2) is 7.94. The molecule has 1 aromatic carbocycles. The Morgan fingerprint density at radius 2 is 1.95 bits per heavy atom. The number of carboxylic acids is 1. The zero-order valence-electron chi connectivity index (χ0n) is 10.4. The lowest BCUT2D eigenvalue weighted by molar-refractivity contribution is -0.146. The molecule has 0 saturated carbocycles. The highest BCUT2D eigenvalue weighted by atomic mass is 35.5. The number of benzene rings is 1. The summed E-state index contributed by atoms with van der Waals surface area (Å²) >= 11 is 11.7. The number of urea groups is 1. The zero-order chi connectivity index (χ0) is 15.1. The first-order chi connectivity index (χ1) is 9.40. The standard InChI is InChI=1S/C12H14Cl2N2O4/c13-8-2-1-7(9(14)5-8)3-4-15-12(20)16-6-10(17)11(18)19/h1-2,5,10,17H,3-4,6H2,(H,18,19)(H2,15,16,20). The van der Waals surface area contributed by atoms with Crippen molar-refractivity contribution in [2.24, 2.45) is 0 Å². The molecule has 6 nitrogen and oxygen atoms in total. The van der Waals surface area contributed by atoms with Gasteiger partial charge in [-0.25, -0.2) is 9.59 Å². The fourth-order valence-electron chi connectivity index (χ4n) is 1.37. The van der Waals surface area contributed by atoms with Crippen LogP contribution in [0.1, 0.15) is 5.56 Å². The van der Waals surface area contributed by atoms with Crippen LogP contribution >= 0.6 is 23.2 Å². The number of rotatable bonds is 6. The summed E-state index contributed by atoms with van der Waals surface area (Å²) in [7, 11) is 0. The van der Waals surface area contributed by atoms with E-state index in [0.29, 0.717) is 23.0 Å². The van der Waals surface area contributed by atoms with Gasteiger partial charge in [-0.2, -0.15) is 0 Å². The molecule has 4 N–H and O–H groups in total. The van der Waals surface area contributed by atoms with Gasteiger partial charge in [0.25, 0.3) is 0 Å². The monoisotopic (exact) mass is 320 g/mol. The molecule has 1 atom stereocenters. The Balaban J connectivity index is 2.30. The molecule has 20 heavy (non-hydrogen) atoms. The van der Waals surface area contributed by atoms with Gasteiger partial charge < -0.3 is 20.8 Å². The lowest BCUT2D eigenvalue weighted by Crippen LogP contribution is -2.42. The van der Waals surface area contributed by atoms with Crippen LogP contribution in [0.2, 0.25) is 10.0 Å². The van der Waals surface area contributed by atoms with Gasteiger partial charge in [-0.15, -0.1) is 0 Å². The van der Waals surface area contributed by atoms with E-state index in [2.05, 4.69) is 10.6 Å². The van der Waals surface area contributed by atoms with Gasteiger partial charge in [0, 0.05) is 16.6 Å². The quantitative estimate of drug-likeness (QED) is 0.634. The van der Waals surface area contributed by atoms with E-state index in [0.717, 1.165) is 5.56 Å². The fraction of sp³-hybridized carbons (Fsp3) is 0.333. The largest absolute Gasteiger partial charge is 0.479 e. The Morgan fingerprint density at radius 3 is 2.55 bits per heavy atom. The van der Waals surface area contributed by atoms with Crippen LogP contribution in [0.15, 0.2) is 18.2 Å². The van der Waals surface area contributed by atoms with Crippen molar-refractivity contribution >= 4 is 35.2 Å². The van der Waals surface area contributed by atoms with E-state index >= 15 is 0 Å². The van der Waals surface area contributed by atoms with Crippen LogP contribution < -0.4 is 10.6 Å². The molecule has 0 heterocycles. The van der Waals surface area contributed by atoms with Crippen LogP contribution in [0.25, 0.3) is 0 Å². The van der Waals surface area contributed by atoms with E-state index in [9.17, 15) is 9.59 Å². The molecule has 0 saturated heterocycles. The van der Waals surface area contributed by atoms with Crippen LogP contribution in [0.5, 0.6) is 0 Å². The molecule has 0 fully saturated rings. The molecule has 2 amide bonds.